The van der Waals surface area contributed by atoms with Crippen LogP contribution in [0.15, 0.2) is 66.9 Å². The zero-order valence-corrected chi connectivity index (χ0v) is 23.0. The molecule has 1 aliphatic rings. The summed E-state index contributed by atoms with van der Waals surface area (Å²) in [7, 11) is 3.32. The molecule has 1 saturated heterocycles. The molecule has 0 bridgehead atoms. The van der Waals surface area contributed by atoms with Gasteiger partial charge in [-0.3, -0.25) is 4.98 Å². The van der Waals surface area contributed by atoms with Gasteiger partial charge in [-0.2, -0.15) is 0 Å². The maximum atomic E-state index is 6.38. The SMILES string of the molecule is COc1ccc(OC)c(N2C(=S)NC(c3ccccn3)C2c2c(C)c(C)n(-c3cccc(Cl)c3)c2C)c1. The lowest BCUT2D eigenvalue weighted by Crippen LogP contribution is -2.30. The summed E-state index contributed by atoms with van der Waals surface area (Å²) in [6, 6.07) is 19.3. The highest BCUT2D eigenvalue weighted by molar-refractivity contribution is 7.80. The molecule has 2 atom stereocenters. The molecule has 1 aliphatic heterocycles. The number of pyridine rings is 1. The van der Waals surface area contributed by atoms with E-state index in [-0.39, 0.29) is 12.1 Å². The van der Waals surface area contributed by atoms with E-state index in [0.717, 1.165) is 34.2 Å². The van der Waals surface area contributed by atoms with Crippen molar-refractivity contribution in [3.05, 3.63) is 100 Å². The predicted molar refractivity (Wildman–Crippen MR) is 152 cm³/mol. The van der Waals surface area contributed by atoms with E-state index in [9.17, 15) is 0 Å². The van der Waals surface area contributed by atoms with Gasteiger partial charge in [-0.05, 0) is 81.0 Å². The summed E-state index contributed by atoms with van der Waals surface area (Å²) in [5.74, 6) is 1.43. The lowest BCUT2D eigenvalue weighted by Gasteiger charge is -2.30. The summed E-state index contributed by atoms with van der Waals surface area (Å²) in [6.07, 6.45) is 1.81. The molecule has 1 N–H and O–H groups in total. The van der Waals surface area contributed by atoms with E-state index in [0.29, 0.717) is 15.9 Å². The van der Waals surface area contributed by atoms with Gasteiger partial charge in [0.25, 0.3) is 0 Å². The molecular weight excluding hydrogens is 504 g/mol. The molecule has 2 aromatic heterocycles. The number of ether oxygens (including phenoxy) is 2. The standard InChI is InChI=1S/C29H29ClN4O2S/c1-17-18(2)33(21-10-8-9-20(30)15-21)19(3)26(17)28-27(23-11-6-7-14-31-23)32-29(37)34(28)24-16-22(35-4)12-13-25(24)36-5/h6-16,27-28H,1-5H3,(H,32,37). The molecule has 0 aliphatic carbocycles. The highest BCUT2D eigenvalue weighted by Crippen LogP contribution is 2.48. The smallest absolute Gasteiger partial charge is 0.174 e. The summed E-state index contributed by atoms with van der Waals surface area (Å²) in [5, 5.41) is 4.85. The fourth-order valence-electron chi connectivity index (χ4n) is 5.34. The van der Waals surface area contributed by atoms with Gasteiger partial charge in [0.2, 0.25) is 0 Å². The van der Waals surface area contributed by atoms with Gasteiger partial charge in [-0.15, -0.1) is 0 Å². The van der Waals surface area contributed by atoms with E-state index in [1.807, 2.05) is 60.8 Å². The fourth-order valence-corrected chi connectivity index (χ4v) is 5.86. The van der Waals surface area contributed by atoms with Crippen LogP contribution in [0, 0.1) is 20.8 Å². The van der Waals surface area contributed by atoms with E-state index in [2.05, 4.69) is 41.6 Å². The van der Waals surface area contributed by atoms with Crippen LogP contribution in [0.3, 0.4) is 0 Å². The van der Waals surface area contributed by atoms with Gasteiger partial charge in [0.05, 0.1) is 37.7 Å². The van der Waals surface area contributed by atoms with Gasteiger partial charge in [0.15, 0.2) is 5.11 Å². The predicted octanol–water partition coefficient (Wildman–Crippen LogP) is 6.65. The molecule has 6 nitrogen and oxygen atoms in total. The minimum atomic E-state index is -0.192. The number of hydrogen-bond acceptors (Lipinski definition) is 4. The maximum Gasteiger partial charge on any atom is 0.174 e. The molecule has 0 saturated carbocycles. The number of hydrogen-bond donors (Lipinski definition) is 1. The van der Waals surface area contributed by atoms with E-state index >= 15 is 0 Å². The van der Waals surface area contributed by atoms with Crippen LogP contribution in [0.25, 0.3) is 5.69 Å². The zero-order valence-electron chi connectivity index (χ0n) is 21.4. The summed E-state index contributed by atoms with van der Waals surface area (Å²) < 4.78 is 13.6. The molecule has 2 aromatic carbocycles. The summed E-state index contributed by atoms with van der Waals surface area (Å²) in [4.78, 5) is 6.84. The monoisotopic (exact) mass is 532 g/mol. The quantitative estimate of drug-likeness (QED) is 0.281. The third kappa shape index (κ3) is 4.32. The van der Waals surface area contributed by atoms with E-state index in [4.69, 9.17) is 38.3 Å². The van der Waals surface area contributed by atoms with Crippen LogP contribution in [-0.4, -0.2) is 28.9 Å². The van der Waals surface area contributed by atoms with Gasteiger partial charge >= 0.3 is 0 Å². The number of aromatic nitrogens is 2. The molecule has 4 aromatic rings. The van der Waals surface area contributed by atoms with Gasteiger partial charge in [0, 0.05) is 39.9 Å². The van der Waals surface area contributed by atoms with Gasteiger partial charge < -0.3 is 24.3 Å². The third-order valence-corrected chi connectivity index (χ3v) is 7.66. The van der Waals surface area contributed by atoms with Crippen molar-refractivity contribution >= 4 is 34.6 Å². The summed E-state index contributed by atoms with van der Waals surface area (Å²) in [6.45, 7) is 6.45. The van der Waals surface area contributed by atoms with Crippen LogP contribution in [0.4, 0.5) is 5.69 Å². The third-order valence-electron chi connectivity index (χ3n) is 7.11. The largest absolute Gasteiger partial charge is 0.497 e. The molecule has 37 heavy (non-hydrogen) atoms. The maximum absolute atomic E-state index is 6.38. The second-order valence-electron chi connectivity index (χ2n) is 9.06. The zero-order chi connectivity index (χ0) is 26.3. The van der Waals surface area contributed by atoms with Crippen molar-refractivity contribution in [2.45, 2.75) is 32.9 Å². The van der Waals surface area contributed by atoms with E-state index in [1.54, 1.807) is 14.2 Å². The first-order chi connectivity index (χ1) is 17.8. The minimum Gasteiger partial charge on any atom is -0.497 e. The van der Waals surface area contributed by atoms with Crippen molar-refractivity contribution in [2.75, 3.05) is 19.1 Å². The van der Waals surface area contributed by atoms with Crippen LogP contribution in [0.5, 0.6) is 11.5 Å². The molecule has 1 fully saturated rings. The Morgan fingerprint density at radius 2 is 1.76 bits per heavy atom. The Balaban J connectivity index is 1.76. The van der Waals surface area contributed by atoms with E-state index < -0.39 is 0 Å². The van der Waals surface area contributed by atoms with E-state index in [1.165, 1.54) is 11.1 Å². The van der Waals surface area contributed by atoms with Crippen molar-refractivity contribution in [1.82, 2.24) is 14.9 Å². The number of nitrogens with zero attached hydrogens (tertiary/aromatic N) is 3. The van der Waals surface area contributed by atoms with Gasteiger partial charge in [-0.1, -0.05) is 23.7 Å². The number of thiocarbonyl (C=S) groups is 1. The molecule has 190 valence electrons. The first kappa shape index (κ1) is 25.1. The average molecular weight is 533 g/mol. The number of halogens is 1. The van der Waals surface area contributed by atoms with Crippen LogP contribution in [0.2, 0.25) is 5.02 Å². The molecule has 0 spiro atoms. The normalized spacial score (nSPS) is 17.1. The molecule has 3 heterocycles. The number of rotatable bonds is 6. The Morgan fingerprint density at radius 1 is 0.946 bits per heavy atom. The van der Waals surface area contributed by atoms with Crippen LogP contribution >= 0.6 is 23.8 Å². The molecule has 2 unspecified atom stereocenters. The van der Waals surface area contributed by atoms with Crippen molar-refractivity contribution in [1.29, 1.82) is 0 Å². The molecule has 0 amide bonds. The van der Waals surface area contributed by atoms with Crippen molar-refractivity contribution in [3.8, 4) is 17.2 Å². The Labute approximate surface area is 227 Å². The number of nitrogens with one attached hydrogen (secondary N) is 1. The lowest BCUT2D eigenvalue weighted by atomic mass is 9.93. The Hall–Kier alpha value is -3.55. The Bertz CT molecular complexity index is 1470. The van der Waals surface area contributed by atoms with Crippen molar-refractivity contribution < 1.29 is 9.47 Å². The fraction of sp³-hybridized carbons (Fsp3) is 0.241. The van der Waals surface area contributed by atoms with Crippen LogP contribution < -0.4 is 19.7 Å². The lowest BCUT2D eigenvalue weighted by molar-refractivity contribution is 0.403. The highest BCUT2D eigenvalue weighted by atomic mass is 35.5. The van der Waals surface area contributed by atoms with Gasteiger partial charge in [0.1, 0.15) is 11.5 Å². The van der Waals surface area contributed by atoms with Crippen LogP contribution in [-0.2, 0) is 0 Å². The first-order valence-electron chi connectivity index (χ1n) is 12.0. The average Bonchev–Trinajstić information content (AvgIpc) is 3.35. The first-order valence-corrected chi connectivity index (χ1v) is 12.8. The number of benzene rings is 2. The number of methoxy groups -OCH3 is 2. The number of anilines is 1. The van der Waals surface area contributed by atoms with Crippen molar-refractivity contribution in [2.24, 2.45) is 0 Å². The Kier molecular flexibility index (Phi) is 6.84. The second kappa shape index (κ2) is 10.1. The second-order valence-corrected chi connectivity index (χ2v) is 9.88. The minimum absolute atomic E-state index is 0.184. The molecular formula is C29H29ClN4O2S. The highest BCUT2D eigenvalue weighted by Gasteiger charge is 2.44. The van der Waals surface area contributed by atoms with Gasteiger partial charge in [-0.25, -0.2) is 0 Å². The summed E-state index contributed by atoms with van der Waals surface area (Å²) in [5.41, 5.74) is 7.37. The summed E-state index contributed by atoms with van der Waals surface area (Å²) >= 11 is 12.3. The molecule has 8 heteroatoms. The molecule has 5 rings (SSSR count). The van der Waals surface area contributed by atoms with Crippen LogP contribution in [0.1, 0.15) is 40.3 Å². The van der Waals surface area contributed by atoms with Crippen molar-refractivity contribution in [3.63, 3.8) is 0 Å². The Morgan fingerprint density at radius 3 is 2.43 bits per heavy atom. The molecule has 0 radical (unpaired) electrons. The topological polar surface area (TPSA) is 51.6 Å².